The maximum Gasteiger partial charge on any atom is 0.269 e. The van der Waals surface area contributed by atoms with Crippen molar-refractivity contribution in [3.63, 3.8) is 0 Å². The van der Waals surface area contributed by atoms with Gasteiger partial charge in [-0.2, -0.15) is 0 Å². The van der Waals surface area contributed by atoms with E-state index in [2.05, 4.69) is 15.5 Å². The number of nitrogens with two attached hydrogens (primary N) is 1. The lowest BCUT2D eigenvalue weighted by Crippen LogP contribution is -2.22. The van der Waals surface area contributed by atoms with Gasteiger partial charge in [-0.25, -0.2) is 0 Å². The summed E-state index contributed by atoms with van der Waals surface area (Å²) >= 11 is 0. The van der Waals surface area contributed by atoms with Crippen molar-refractivity contribution in [2.24, 2.45) is 5.73 Å². The molecule has 6 heteroatoms. The Morgan fingerprint density at radius 3 is 2.75 bits per heavy atom. The summed E-state index contributed by atoms with van der Waals surface area (Å²) in [5, 5.41) is 20.9. The van der Waals surface area contributed by atoms with E-state index >= 15 is 0 Å². The van der Waals surface area contributed by atoms with Crippen molar-refractivity contribution in [3.8, 4) is 0 Å². The Hall–Kier alpha value is -2.47. The van der Waals surface area contributed by atoms with Gasteiger partial charge < -0.3 is 16.2 Å². The monoisotopic (exact) mass is 270 g/mol. The zero-order valence-electron chi connectivity index (χ0n) is 10.7. The molecule has 0 saturated heterocycles. The number of aromatic nitrogens is 2. The van der Waals surface area contributed by atoms with Gasteiger partial charge in [0, 0.05) is 6.42 Å². The summed E-state index contributed by atoms with van der Waals surface area (Å²) in [7, 11) is 0. The molecule has 1 aliphatic carbocycles. The first-order valence-electron chi connectivity index (χ1n) is 6.31. The van der Waals surface area contributed by atoms with E-state index in [-0.39, 0.29) is 11.7 Å². The molecule has 102 valence electrons. The molecule has 1 aromatic carbocycles. The minimum atomic E-state index is -0.615. The molecule has 1 heterocycles. The third kappa shape index (κ3) is 2.21. The van der Waals surface area contributed by atoms with E-state index in [1.54, 1.807) is 6.07 Å². The fourth-order valence-corrected chi connectivity index (χ4v) is 2.45. The third-order valence-corrected chi connectivity index (χ3v) is 3.42. The smallest absolute Gasteiger partial charge is 0.269 e. The van der Waals surface area contributed by atoms with Crippen molar-refractivity contribution in [3.05, 3.63) is 53.2 Å². The molecule has 3 rings (SSSR count). The second-order valence-electron chi connectivity index (χ2n) is 4.76. The lowest BCUT2D eigenvalue weighted by molar-refractivity contribution is 0.0994. The molecule has 0 unspecified atom stereocenters. The van der Waals surface area contributed by atoms with E-state index in [0.29, 0.717) is 12.2 Å². The number of hydrogen-bond donors (Lipinski definition) is 3. The largest absolute Gasteiger partial charge is 0.390 e. The predicted molar refractivity (Wildman–Crippen MR) is 73.1 cm³/mol. The van der Waals surface area contributed by atoms with Gasteiger partial charge in [0.2, 0.25) is 0 Å². The van der Waals surface area contributed by atoms with Crippen molar-refractivity contribution < 1.29 is 9.90 Å². The molecule has 0 bridgehead atoms. The number of nitrogens with zero attached hydrogens (tertiary/aromatic N) is 2. The Labute approximate surface area is 115 Å². The second kappa shape index (κ2) is 4.90. The van der Waals surface area contributed by atoms with Gasteiger partial charge in [0.05, 0.1) is 12.1 Å². The van der Waals surface area contributed by atoms with Crippen molar-refractivity contribution in [1.82, 2.24) is 10.2 Å². The standard InChI is InChI=1S/C14H14N4O2/c15-14(20)10-5-6-12(18-17-10)16-13-9-4-2-1-3-8(9)7-11(13)19/h1-6,11,13,19H,7H2,(H2,15,20)(H,16,18)/t11-,13+/m1/s1. The minimum Gasteiger partial charge on any atom is -0.390 e. The maximum absolute atomic E-state index is 10.9. The quantitative estimate of drug-likeness (QED) is 0.760. The SMILES string of the molecule is NC(=O)c1ccc(N[C@H]2c3ccccc3C[C@H]2O)nn1. The van der Waals surface area contributed by atoms with Gasteiger partial charge in [-0.3, -0.25) is 4.79 Å². The number of primary amides is 1. The molecule has 2 atom stereocenters. The molecule has 1 aliphatic rings. The number of carbonyl (C=O) groups excluding carboxylic acids is 1. The fraction of sp³-hybridized carbons (Fsp3) is 0.214. The van der Waals surface area contributed by atoms with Gasteiger partial charge in [0.15, 0.2) is 5.69 Å². The van der Waals surface area contributed by atoms with Crippen LogP contribution in [0.5, 0.6) is 0 Å². The highest BCUT2D eigenvalue weighted by Crippen LogP contribution is 2.33. The van der Waals surface area contributed by atoms with E-state index in [9.17, 15) is 9.90 Å². The number of nitrogens with one attached hydrogen (secondary N) is 1. The molecule has 0 radical (unpaired) electrons. The van der Waals surface area contributed by atoms with Crippen LogP contribution in [0, 0.1) is 0 Å². The summed E-state index contributed by atoms with van der Waals surface area (Å²) in [6.45, 7) is 0. The Morgan fingerprint density at radius 1 is 1.25 bits per heavy atom. The predicted octanol–water partition coefficient (Wildman–Crippen LogP) is 0.646. The van der Waals surface area contributed by atoms with Gasteiger partial charge in [0.25, 0.3) is 5.91 Å². The van der Waals surface area contributed by atoms with Crippen LogP contribution in [0.4, 0.5) is 5.82 Å². The summed E-state index contributed by atoms with van der Waals surface area (Å²) in [5.74, 6) is -0.119. The van der Waals surface area contributed by atoms with E-state index in [1.807, 2.05) is 24.3 Å². The summed E-state index contributed by atoms with van der Waals surface area (Å²) in [6.07, 6.45) is 0.103. The Bertz CT molecular complexity index is 642. The number of hydrogen-bond acceptors (Lipinski definition) is 5. The van der Waals surface area contributed by atoms with Gasteiger partial charge in [-0.05, 0) is 23.3 Å². The number of amides is 1. The van der Waals surface area contributed by atoms with Crippen molar-refractivity contribution in [2.75, 3.05) is 5.32 Å². The molecule has 0 fully saturated rings. The van der Waals surface area contributed by atoms with Gasteiger partial charge >= 0.3 is 0 Å². The lowest BCUT2D eigenvalue weighted by atomic mass is 10.1. The van der Waals surface area contributed by atoms with Crippen LogP contribution in [0.1, 0.15) is 27.7 Å². The molecule has 6 nitrogen and oxygen atoms in total. The number of rotatable bonds is 3. The molecule has 0 saturated carbocycles. The van der Waals surface area contributed by atoms with Crippen LogP contribution in [-0.4, -0.2) is 27.3 Å². The van der Waals surface area contributed by atoms with Crippen LogP contribution in [0.15, 0.2) is 36.4 Å². The molecule has 0 aliphatic heterocycles. The highest BCUT2D eigenvalue weighted by molar-refractivity contribution is 5.90. The molecule has 2 aromatic rings. The second-order valence-corrected chi connectivity index (χ2v) is 4.76. The van der Waals surface area contributed by atoms with E-state index < -0.39 is 12.0 Å². The zero-order valence-corrected chi connectivity index (χ0v) is 10.7. The first-order chi connectivity index (χ1) is 9.65. The highest BCUT2D eigenvalue weighted by atomic mass is 16.3. The molecule has 1 aromatic heterocycles. The van der Waals surface area contributed by atoms with Crippen molar-refractivity contribution in [2.45, 2.75) is 18.6 Å². The topological polar surface area (TPSA) is 101 Å². The molecule has 0 spiro atoms. The number of carbonyl (C=O) groups is 1. The van der Waals surface area contributed by atoms with Crippen LogP contribution in [0.3, 0.4) is 0 Å². The number of aliphatic hydroxyl groups excluding tert-OH is 1. The molecule has 20 heavy (non-hydrogen) atoms. The van der Waals surface area contributed by atoms with E-state index in [4.69, 9.17) is 5.73 Å². The van der Waals surface area contributed by atoms with Gasteiger partial charge in [0.1, 0.15) is 5.82 Å². The Balaban J connectivity index is 1.82. The lowest BCUT2D eigenvalue weighted by Gasteiger charge is -2.18. The molecular formula is C14H14N4O2. The van der Waals surface area contributed by atoms with Crippen LogP contribution in [0.2, 0.25) is 0 Å². The Kier molecular flexibility index (Phi) is 3.08. The average molecular weight is 270 g/mol. The van der Waals surface area contributed by atoms with Gasteiger partial charge in [-0.1, -0.05) is 24.3 Å². The minimum absolute atomic E-state index is 0.114. The van der Waals surface area contributed by atoms with Crippen molar-refractivity contribution >= 4 is 11.7 Å². The van der Waals surface area contributed by atoms with Crippen LogP contribution >= 0.6 is 0 Å². The molecular weight excluding hydrogens is 256 g/mol. The number of anilines is 1. The number of aliphatic hydroxyl groups is 1. The highest BCUT2D eigenvalue weighted by Gasteiger charge is 2.30. The third-order valence-electron chi connectivity index (χ3n) is 3.42. The van der Waals surface area contributed by atoms with Crippen molar-refractivity contribution in [1.29, 1.82) is 0 Å². The maximum atomic E-state index is 10.9. The van der Waals surface area contributed by atoms with Crippen LogP contribution < -0.4 is 11.1 Å². The zero-order chi connectivity index (χ0) is 14.1. The summed E-state index contributed by atoms with van der Waals surface area (Å²) in [4.78, 5) is 10.9. The van der Waals surface area contributed by atoms with E-state index in [1.165, 1.54) is 6.07 Å². The van der Waals surface area contributed by atoms with E-state index in [0.717, 1.165) is 11.1 Å². The first-order valence-corrected chi connectivity index (χ1v) is 6.31. The average Bonchev–Trinajstić information content (AvgIpc) is 2.76. The number of fused-ring (bicyclic) bond motifs is 1. The summed E-state index contributed by atoms with van der Waals surface area (Å²) in [6, 6.07) is 10.8. The summed E-state index contributed by atoms with van der Waals surface area (Å²) in [5.41, 5.74) is 7.41. The first kappa shape index (κ1) is 12.6. The fourth-order valence-electron chi connectivity index (χ4n) is 2.45. The van der Waals surface area contributed by atoms with Gasteiger partial charge in [-0.15, -0.1) is 10.2 Å². The van der Waals surface area contributed by atoms with Crippen LogP contribution in [0.25, 0.3) is 0 Å². The number of benzene rings is 1. The molecule has 1 amide bonds. The Morgan fingerprint density at radius 2 is 2.05 bits per heavy atom. The molecule has 4 N–H and O–H groups in total. The van der Waals surface area contributed by atoms with Crippen LogP contribution in [-0.2, 0) is 6.42 Å². The summed E-state index contributed by atoms with van der Waals surface area (Å²) < 4.78 is 0. The normalized spacial score (nSPS) is 20.4.